The highest BCUT2D eigenvalue weighted by molar-refractivity contribution is 5.88. The number of nitrogens with two attached hydrogens (primary N) is 2. The molecule has 1 aromatic carbocycles. The van der Waals surface area contributed by atoms with Gasteiger partial charge in [-0.1, -0.05) is 0 Å². The van der Waals surface area contributed by atoms with Crippen LogP contribution in [-0.4, -0.2) is 11.0 Å². The van der Waals surface area contributed by atoms with Gasteiger partial charge in [0, 0.05) is 12.2 Å². The first-order valence-corrected chi connectivity index (χ1v) is 6.41. The normalized spacial score (nSPS) is 14.2. The van der Waals surface area contributed by atoms with Crippen LogP contribution in [0.15, 0.2) is 23.1 Å². The van der Waals surface area contributed by atoms with Gasteiger partial charge in [-0.3, -0.25) is 15.4 Å². The Hall–Kier alpha value is -2.45. The maximum atomic E-state index is 13.9. The molecule has 1 saturated carbocycles. The molecule has 5 N–H and O–H groups in total. The van der Waals surface area contributed by atoms with Crippen LogP contribution >= 0.6 is 0 Å². The van der Waals surface area contributed by atoms with Crippen molar-refractivity contribution in [3.8, 4) is 0 Å². The third-order valence-corrected chi connectivity index (χ3v) is 3.59. The van der Waals surface area contributed by atoms with E-state index in [-0.39, 0.29) is 22.8 Å². The van der Waals surface area contributed by atoms with Gasteiger partial charge >= 0.3 is 0 Å². The summed E-state index contributed by atoms with van der Waals surface area (Å²) in [6, 6.07) is 2.80. The van der Waals surface area contributed by atoms with Gasteiger partial charge in [0.1, 0.15) is 11.5 Å². The standard InChI is InChI=1S/C13H14FN5O2/c14-9-3-8-11(4-10(9)17-15)18(7-1-2-7)5-12(13(8)21)19(16)6-20/h3-7,17H,1-2,15-16H2. The smallest absolute Gasteiger partial charge is 0.228 e. The Labute approximate surface area is 118 Å². The van der Waals surface area contributed by atoms with Crippen LogP contribution in [0, 0.1) is 5.82 Å². The minimum Gasteiger partial charge on any atom is -0.342 e. The molecule has 3 rings (SSSR count). The molecule has 0 bridgehead atoms. The number of nitrogen functional groups attached to an aromatic ring is 1. The second-order valence-electron chi connectivity index (χ2n) is 4.99. The number of anilines is 2. The van der Waals surface area contributed by atoms with Crippen molar-refractivity contribution in [2.45, 2.75) is 18.9 Å². The third-order valence-electron chi connectivity index (χ3n) is 3.59. The molecule has 1 aromatic heterocycles. The van der Waals surface area contributed by atoms with Gasteiger partial charge in [-0.25, -0.2) is 15.2 Å². The zero-order valence-electron chi connectivity index (χ0n) is 11.0. The molecule has 1 aliphatic carbocycles. The largest absolute Gasteiger partial charge is 0.342 e. The topological polar surface area (TPSA) is 106 Å². The van der Waals surface area contributed by atoms with Crippen LogP contribution in [0.3, 0.4) is 0 Å². The molecule has 21 heavy (non-hydrogen) atoms. The Morgan fingerprint density at radius 3 is 2.71 bits per heavy atom. The fourth-order valence-electron chi connectivity index (χ4n) is 2.36. The molecule has 1 fully saturated rings. The SMILES string of the molecule is NNc1cc2c(cc1F)c(=O)c(N(N)C=O)cn2C1CC1. The van der Waals surface area contributed by atoms with Crippen LogP contribution in [-0.2, 0) is 4.79 Å². The number of amides is 1. The first-order valence-electron chi connectivity index (χ1n) is 6.41. The lowest BCUT2D eigenvalue weighted by atomic mass is 10.1. The number of rotatable bonds is 4. The van der Waals surface area contributed by atoms with Crippen molar-refractivity contribution in [1.82, 2.24) is 4.57 Å². The lowest BCUT2D eigenvalue weighted by Crippen LogP contribution is -2.34. The van der Waals surface area contributed by atoms with Crippen LogP contribution in [0.4, 0.5) is 15.8 Å². The van der Waals surface area contributed by atoms with E-state index in [1.165, 1.54) is 12.3 Å². The second kappa shape index (κ2) is 4.83. The minimum absolute atomic E-state index is 0.0113. The number of aromatic nitrogens is 1. The van der Waals surface area contributed by atoms with Gasteiger partial charge in [-0.05, 0) is 25.0 Å². The van der Waals surface area contributed by atoms with Crippen molar-refractivity contribution >= 4 is 28.7 Å². The number of nitrogens with zero attached hydrogens (tertiary/aromatic N) is 2. The number of carbonyl (C=O) groups is 1. The Kier molecular flexibility index (Phi) is 3.11. The van der Waals surface area contributed by atoms with Gasteiger partial charge in [0.05, 0.1) is 16.6 Å². The molecule has 0 atom stereocenters. The summed E-state index contributed by atoms with van der Waals surface area (Å²) in [5.41, 5.74) is 2.43. The molecule has 0 saturated heterocycles. The van der Waals surface area contributed by atoms with Gasteiger partial charge in [-0.15, -0.1) is 0 Å². The zero-order chi connectivity index (χ0) is 15.1. The molecule has 1 aliphatic rings. The molecule has 1 heterocycles. The van der Waals surface area contributed by atoms with E-state index in [0.717, 1.165) is 18.9 Å². The Balaban J connectivity index is 2.37. The molecule has 7 nitrogen and oxygen atoms in total. The molecular formula is C13H14FN5O2. The number of fused-ring (bicyclic) bond motifs is 1. The summed E-state index contributed by atoms with van der Waals surface area (Å²) in [5, 5.41) is 0.862. The van der Waals surface area contributed by atoms with Gasteiger partial charge in [0.2, 0.25) is 11.8 Å². The van der Waals surface area contributed by atoms with E-state index in [1.54, 1.807) is 0 Å². The highest BCUT2D eigenvalue weighted by atomic mass is 19.1. The quantitative estimate of drug-likeness (QED) is 0.331. The number of hydrogen-bond acceptors (Lipinski definition) is 5. The first kappa shape index (κ1) is 13.5. The molecule has 2 aromatic rings. The van der Waals surface area contributed by atoms with E-state index >= 15 is 0 Å². The lowest BCUT2D eigenvalue weighted by Gasteiger charge is -2.17. The van der Waals surface area contributed by atoms with Gasteiger partial charge in [0.25, 0.3) is 0 Å². The number of hydrazine groups is 2. The van der Waals surface area contributed by atoms with Crippen LogP contribution in [0.1, 0.15) is 18.9 Å². The van der Waals surface area contributed by atoms with Crippen LogP contribution in [0.2, 0.25) is 0 Å². The molecule has 0 spiro atoms. The Morgan fingerprint density at radius 2 is 2.14 bits per heavy atom. The number of benzene rings is 1. The Bertz CT molecular complexity index is 784. The predicted octanol–water partition coefficient (Wildman–Crippen LogP) is 0.598. The fourth-order valence-corrected chi connectivity index (χ4v) is 2.36. The molecule has 110 valence electrons. The van der Waals surface area contributed by atoms with Crippen molar-refractivity contribution in [3.05, 3.63) is 34.4 Å². The van der Waals surface area contributed by atoms with Gasteiger partial charge < -0.3 is 9.99 Å². The first-order chi connectivity index (χ1) is 10.1. The predicted molar refractivity (Wildman–Crippen MR) is 77.0 cm³/mol. The zero-order valence-corrected chi connectivity index (χ0v) is 11.0. The summed E-state index contributed by atoms with van der Waals surface area (Å²) in [5.74, 6) is 10.1. The van der Waals surface area contributed by atoms with Gasteiger partial charge in [-0.2, -0.15) is 0 Å². The van der Waals surface area contributed by atoms with Crippen LogP contribution in [0.25, 0.3) is 10.9 Å². The highest BCUT2D eigenvalue weighted by Crippen LogP contribution is 2.38. The van der Waals surface area contributed by atoms with E-state index in [4.69, 9.17) is 11.7 Å². The monoisotopic (exact) mass is 291 g/mol. The molecule has 0 unspecified atom stereocenters. The molecule has 0 aliphatic heterocycles. The van der Waals surface area contributed by atoms with E-state index in [1.807, 2.05) is 4.57 Å². The van der Waals surface area contributed by atoms with E-state index in [9.17, 15) is 14.0 Å². The van der Waals surface area contributed by atoms with E-state index in [2.05, 4.69) is 5.43 Å². The molecular weight excluding hydrogens is 277 g/mol. The van der Waals surface area contributed by atoms with Crippen molar-refractivity contribution in [3.63, 3.8) is 0 Å². The third kappa shape index (κ3) is 2.14. The summed E-state index contributed by atoms with van der Waals surface area (Å²) in [6.07, 6.45) is 3.76. The number of hydrogen-bond donors (Lipinski definition) is 3. The summed E-state index contributed by atoms with van der Waals surface area (Å²) in [4.78, 5) is 23.2. The summed E-state index contributed by atoms with van der Waals surface area (Å²) in [6.45, 7) is 0. The maximum Gasteiger partial charge on any atom is 0.228 e. The number of pyridine rings is 1. The lowest BCUT2D eigenvalue weighted by molar-refractivity contribution is -0.107. The van der Waals surface area contributed by atoms with Crippen molar-refractivity contribution in [2.75, 3.05) is 10.4 Å². The van der Waals surface area contributed by atoms with Crippen molar-refractivity contribution < 1.29 is 9.18 Å². The fraction of sp³-hybridized carbons (Fsp3) is 0.231. The van der Waals surface area contributed by atoms with Crippen molar-refractivity contribution in [1.29, 1.82) is 0 Å². The number of halogens is 1. The van der Waals surface area contributed by atoms with E-state index in [0.29, 0.717) is 16.9 Å². The van der Waals surface area contributed by atoms with Gasteiger partial charge in [0.15, 0.2) is 0 Å². The number of nitrogens with one attached hydrogen (secondary N) is 1. The number of carbonyl (C=O) groups excluding carboxylic acids is 1. The van der Waals surface area contributed by atoms with Crippen molar-refractivity contribution in [2.24, 2.45) is 11.7 Å². The molecule has 0 radical (unpaired) electrons. The van der Waals surface area contributed by atoms with Crippen LogP contribution < -0.4 is 27.5 Å². The summed E-state index contributed by atoms with van der Waals surface area (Å²) < 4.78 is 15.7. The highest BCUT2D eigenvalue weighted by Gasteiger charge is 2.26. The second-order valence-corrected chi connectivity index (χ2v) is 4.99. The van der Waals surface area contributed by atoms with Crippen LogP contribution in [0.5, 0.6) is 0 Å². The Morgan fingerprint density at radius 1 is 1.43 bits per heavy atom. The minimum atomic E-state index is -0.642. The maximum absolute atomic E-state index is 13.9. The van der Waals surface area contributed by atoms with E-state index < -0.39 is 11.2 Å². The molecule has 1 amide bonds. The average molecular weight is 291 g/mol. The molecule has 8 heteroatoms. The summed E-state index contributed by atoms with van der Waals surface area (Å²) >= 11 is 0. The summed E-state index contributed by atoms with van der Waals surface area (Å²) in [7, 11) is 0. The average Bonchev–Trinajstić information content (AvgIpc) is 3.31.